The van der Waals surface area contributed by atoms with Crippen LogP contribution in [0.15, 0.2) is 27.6 Å². The highest BCUT2D eigenvalue weighted by Crippen LogP contribution is 2.18. The number of rotatable bonds is 1. The van der Waals surface area contributed by atoms with Crippen LogP contribution in [0.3, 0.4) is 0 Å². The highest BCUT2D eigenvalue weighted by atomic mass is 79.9. The van der Waals surface area contributed by atoms with E-state index in [-0.39, 0.29) is 5.56 Å². The van der Waals surface area contributed by atoms with Crippen molar-refractivity contribution in [3.05, 3.63) is 44.7 Å². The van der Waals surface area contributed by atoms with Gasteiger partial charge in [0.15, 0.2) is 0 Å². The van der Waals surface area contributed by atoms with Gasteiger partial charge in [0, 0.05) is 17.7 Å². The first-order valence-electron chi connectivity index (χ1n) is 5.17. The highest BCUT2D eigenvalue weighted by Gasteiger charge is 2.12. The Kier molecular flexibility index (Phi) is 3.11. The molecule has 0 aliphatic rings. The lowest BCUT2D eigenvalue weighted by molar-refractivity contribution is 0.767. The summed E-state index contributed by atoms with van der Waals surface area (Å²) < 4.78 is 2.42. The fraction of sp³-hybridized carbons (Fsp3) is 0.250. The lowest BCUT2D eigenvalue weighted by Gasteiger charge is -2.09. The molecule has 0 bridgehead atoms. The molecule has 0 amide bonds. The predicted octanol–water partition coefficient (Wildman–Crippen LogP) is 2.22. The van der Waals surface area contributed by atoms with Gasteiger partial charge in [0.25, 0.3) is 5.56 Å². The maximum absolute atomic E-state index is 12.2. The molecule has 0 N–H and O–H groups in total. The van der Waals surface area contributed by atoms with Crippen molar-refractivity contribution in [3.63, 3.8) is 0 Å². The number of hydrogen-bond donors (Lipinski definition) is 0. The summed E-state index contributed by atoms with van der Waals surface area (Å²) >= 11 is 3.32. The number of pyridine rings is 1. The Labute approximate surface area is 107 Å². The van der Waals surface area contributed by atoms with Gasteiger partial charge >= 0.3 is 0 Å². The summed E-state index contributed by atoms with van der Waals surface area (Å²) in [6.07, 6.45) is 1.67. The minimum absolute atomic E-state index is 0.0650. The van der Waals surface area contributed by atoms with Crippen LogP contribution in [-0.4, -0.2) is 14.5 Å². The zero-order chi connectivity index (χ0) is 12.6. The van der Waals surface area contributed by atoms with E-state index in [4.69, 9.17) is 0 Å². The van der Waals surface area contributed by atoms with E-state index in [9.17, 15) is 4.79 Å². The molecule has 0 aliphatic carbocycles. The fourth-order valence-corrected chi connectivity index (χ4v) is 1.90. The topological polar surface area (TPSA) is 47.8 Å². The summed E-state index contributed by atoms with van der Waals surface area (Å²) in [5.41, 5.74) is 1.86. The van der Waals surface area contributed by atoms with Crippen molar-refractivity contribution in [1.82, 2.24) is 14.5 Å². The van der Waals surface area contributed by atoms with Crippen LogP contribution in [-0.2, 0) is 7.05 Å². The molecule has 0 aliphatic heterocycles. The van der Waals surface area contributed by atoms with Gasteiger partial charge in [-0.1, -0.05) is 0 Å². The number of hydrogen-bond acceptors (Lipinski definition) is 3. The standard InChI is InChI=1S/C12H12BrN3O/c1-7-11(10-5-4-9(13)6-14-10)12(17)16(3)8(2)15-7/h4-6H,1-3H3. The van der Waals surface area contributed by atoms with Crippen molar-refractivity contribution in [3.8, 4) is 11.3 Å². The average molecular weight is 294 g/mol. The molecular weight excluding hydrogens is 282 g/mol. The first kappa shape index (κ1) is 12.0. The van der Waals surface area contributed by atoms with Crippen LogP contribution in [0.5, 0.6) is 0 Å². The van der Waals surface area contributed by atoms with E-state index in [0.717, 1.165) is 4.47 Å². The summed E-state index contributed by atoms with van der Waals surface area (Å²) in [7, 11) is 1.71. The monoisotopic (exact) mass is 293 g/mol. The molecule has 2 rings (SSSR count). The van der Waals surface area contributed by atoms with Gasteiger partial charge in [-0.2, -0.15) is 0 Å². The first-order valence-corrected chi connectivity index (χ1v) is 5.96. The van der Waals surface area contributed by atoms with E-state index in [1.165, 1.54) is 4.57 Å². The van der Waals surface area contributed by atoms with Gasteiger partial charge < -0.3 is 0 Å². The molecule has 0 saturated carbocycles. The largest absolute Gasteiger partial charge is 0.299 e. The molecule has 0 fully saturated rings. The van der Waals surface area contributed by atoms with Gasteiger partial charge in [0.2, 0.25) is 0 Å². The summed E-state index contributed by atoms with van der Waals surface area (Å²) in [4.78, 5) is 20.8. The van der Waals surface area contributed by atoms with E-state index < -0.39 is 0 Å². The van der Waals surface area contributed by atoms with E-state index in [0.29, 0.717) is 22.8 Å². The number of halogens is 1. The Hall–Kier alpha value is -1.49. The van der Waals surface area contributed by atoms with Crippen molar-refractivity contribution in [2.45, 2.75) is 13.8 Å². The molecule has 0 saturated heterocycles. The molecule has 4 nitrogen and oxygen atoms in total. The molecule has 2 heterocycles. The smallest absolute Gasteiger partial charge is 0.262 e. The Balaban J connectivity index is 2.72. The third-order valence-electron chi connectivity index (χ3n) is 2.68. The summed E-state index contributed by atoms with van der Waals surface area (Å²) in [6.45, 7) is 3.64. The molecule has 0 unspecified atom stereocenters. The first-order chi connectivity index (χ1) is 8.00. The van der Waals surface area contributed by atoms with Crippen LogP contribution >= 0.6 is 15.9 Å². The molecule has 0 aromatic carbocycles. The van der Waals surface area contributed by atoms with Gasteiger partial charge in [-0.05, 0) is 41.9 Å². The van der Waals surface area contributed by atoms with Crippen molar-refractivity contribution in [1.29, 1.82) is 0 Å². The molecule has 0 spiro atoms. The second kappa shape index (κ2) is 4.41. The Bertz CT molecular complexity index is 617. The minimum Gasteiger partial charge on any atom is -0.299 e. The third kappa shape index (κ3) is 2.15. The Morgan fingerprint density at radius 2 is 2.00 bits per heavy atom. The van der Waals surface area contributed by atoms with Crippen LogP contribution < -0.4 is 5.56 Å². The zero-order valence-electron chi connectivity index (χ0n) is 9.86. The summed E-state index contributed by atoms with van der Waals surface area (Å²) in [5.74, 6) is 0.702. The maximum atomic E-state index is 12.2. The van der Waals surface area contributed by atoms with E-state index in [1.54, 1.807) is 13.2 Å². The molecular formula is C12H12BrN3O. The molecule has 0 atom stereocenters. The van der Waals surface area contributed by atoms with Gasteiger partial charge in [0.1, 0.15) is 5.82 Å². The Morgan fingerprint density at radius 3 is 2.59 bits per heavy atom. The van der Waals surface area contributed by atoms with Crippen molar-refractivity contribution in [2.75, 3.05) is 0 Å². The zero-order valence-corrected chi connectivity index (χ0v) is 11.4. The van der Waals surface area contributed by atoms with Gasteiger partial charge in [-0.15, -0.1) is 0 Å². The minimum atomic E-state index is -0.0650. The molecule has 17 heavy (non-hydrogen) atoms. The normalized spacial score (nSPS) is 10.6. The van der Waals surface area contributed by atoms with Gasteiger partial charge in [-0.25, -0.2) is 4.98 Å². The predicted molar refractivity (Wildman–Crippen MR) is 69.9 cm³/mol. The molecule has 2 aromatic heterocycles. The van der Waals surface area contributed by atoms with Crippen molar-refractivity contribution in [2.24, 2.45) is 7.05 Å². The quantitative estimate of drug-likeness (QED) is 0.810. The van der Waals surface area contributed by atoms with Crippen molar-refractivity contribution >= 4 is 15.9 Å². The second-order valence-corrected chi connectivity index (χ2v) is 4.76. The molecule has 0 radical (unpaired) electrons. The Morgan fingerprint density at radius 1 is 1.29 bits per heavy atom. The van der Waals surface area contributed by atoms with Crippen molar-refractivity contribution < 1.29 is 0 Å². The van der Waals surface area contributed by atoms with E-state index >= 15 is 0 Å². The van der Waals surface area contributed by atoms with Crippen LogP contribution in [0.1, 0.15) is 11.5 Å². The molecule has 2 aromatic rings. The third-order valence-corrected chi connectivity index (χ3v) is 3.15. The van der Waals surface area contributed by atoms with Gasteiger partial charge in [0.05, 0.1) is 17.0 Å². The van der Waals surface area contributed by atoms with Crippen LogP contribution in [0.4, 0.5) is 0 Å². The van der Waals surface area contributed by atoms with Crippen LogP contribution in [0, 0.1) is 13.8 Å². The lowest BCUT2D eigenvalue weighted by atomic mass is 10.1. The number of nitrogens with zero attached hydrogens (tertiary/aromatic N) is 3. The maximum Gasteiger partial charge on any atom is 0.262 e. The van der Waals surface area contributed by atoms with Gasteiger partial charge in [-0.3, -0.25) is 14.3 Å². The van der Waals surface area contributed by atoms with Crippen LogP contribution in [0.25, 0.3) is 11.3 Å². The molecule has 88 valence electrons. The molecule has 5 heteroatoms. The number of aromatic nitrogens is 3. The van der Waals surface area contributed by atoms with E-state index in [2.05, 4.69) is 25.9 Å². The average Bonchev–Trinajstić information content (AvgIpc) is 2.29. The number of aryl methyl sites for hydroxylation is 2. The van der Waals surface area contributed by atoms with Crippen LogP contribution in [0.2, 0.25) is 0 Å². The SMILES string of the molecule is Cc1nc(C)n(C)c(=O)c1-c1ccc(Br)cn1. The second-order valence-electron chi connectivity index (χ2n) is 3.85. The lowest BCUT2D eigenvalue weighted by Crippen LogP contribution is -2.23. The summed E-state index contributed by atoms with van der Waals surface area (Å²) in [6, 6.07) is 3.67. The fourth-order valence-electron chi connectivity index (χ4n) is 1.66. The van der Waals surface area contributed by atoms with E-state index in [1.807, 2.05) is 26.0 Å². The summed E-state index contributed by atoms with van der Waals surface area (Å²) in [5, 5.41) is 0. The highest BCUT2D eigenvalue weighted by molar-refractivity contribution is 9.10.